The SMILES string of the molecule is CCOC(=O)C1=C(C)N=c2s/c(=C/c3ccc(OCc4ccccc4Cl)c(Br)c3)c(=O)n2[C@@H]1c1ccc(OC)c(Br)c1. The highest BCUT2D eigenvalue weighted by molar-refractivity contribution is 9.10. The van der Waals surface area contributed by atoms with Crippen LogP contribution in [0.4, 0.5) is 0 Å². The molecule has 0 spiro atoms. The summed E-state index contributed by atoms with van der Waals surface area (Å²) in [5.74, 6) is 0.768. The molecule has 4 aromatic rings. The van der Waals surface area contributed by atoms with Crippen LogP contribution in [0.2, 0.25) is 5.02 Å². The summed E-state index contributed by atoms with van der Waals surface area (Å²) < 4.78 is 20.2. The lowest BCUT2D eigenvalue weighted by atomic mass is 9.96. The maximum absolute atomic E-state index is 13.9. The second-order valence-electron chi connectivity index (χ2n) is 9.27. The normalized spacial score (nSPS) is 14.8. The number of hydrogen-bond acceptors (Lipinski definition) is 7. The van der Waals surface area contributed by atoms with Crippen molar-refractivity contribution in [3.63, 3.8) is 0 Å². The number of rotatable bonds is 8. The highest BCUT2D eigenvalue weighted by atomic mass is 79.9. The van der Waals surface area contributed by atoms with Crippen LogP contribution >= 0.6 is 54.8 Å². The first-order valence-corrected chi connectivity index (χ1v) is 15.7. The van der Waals surface area contributed by atoms with Gasteiger partial charge in [-0.2, -0.15) is 0 Å². The second kappa shape index (κ2) is 13.0. The molecule has 0 fully saturated rings. The van der Waals surface area contributed by atoms with Crippen molar-refractivity contribution in [1.29, 1.82) is 0 Å². The van der Waals surface area contributed by atoms with Crippen molar-refractivity contribution in [2.45, 2.75) is 26.5 Å². The molecule has 7 nitrogen and oxygen atoms in total. The van der Waals surface area contributed by atoms with E-state index in [0.717, 1.165) is 21.2 Å². The number of benzene rings is 3. The van der Waals surface area contributed by atoms with Crippen LogP contribution in [0.3, 0.4) is 0 Å². The molecule has 1 aromatic heterocycles. The van der Waals surface area contributed by atoms with Gasteiger partial charge in [0.05, 0.1) is 44.5 Å². The maximum Gasteiger partial charge on any atom is 0.338 e. The van der Waals surface area contributed by atoms with Crippen LogP contribution < -0.4 is 24.4 Å². The summed E-state index contributed by atoms with van der Waals surface area (Å²) in [6, 6.07) is 17.9. The molecule has 5 rings (SSSR count). The summed E-state index contributed by atoms with van der Waals surface area (Å²) in [5, 5.41) is 0.641. The van der Waals surface area contributed by atoms with Crippen LogP contribution in [-0.4, -0.2) is 24.3 Å². The zero-order chi connectivity index (χ0) is 30.0. The number of methoxy groups -OCH3 is 1. The zero-order valence-corrected chi connectivity index (χ0v) is 27.6. The van der Waals surface area contributed by atoms with E-state index in [-0.39, 0.29) is 12.2 Å². The van der Waals surface area contributed by atoms with Crippen molar-refractivity contribution in [1.82, 2.24) is 4.57 Å². The molecule has 216 valence electrons. The summed E-state index contributed by atoms with van der Waals surface area (Å²) >= 11 is 14.6. The number of hydrogen-bond donors (Lipinski definition) is 0. The van der Waals surface area contributed by atoms with E-state index in [1.807, 2.05) is 54.6 Å². The number of thiazole rings is 1. The number of carbonyl (C=O) groups excluding carboxylic acids is 1. The minimum Gasteiger partial charge on any atom is -0.496 e. The third kappa shape index (κ3) is 6.13. The van der Waals surface area contributed by atoms with Crippen molar-refractivity contribution >= 4 is 66.8 Å². The van der Waals surface area contributed by atoms with Crippen molar-refractivity contribution in [2.75, 3.05) is 13.7 Å². The van der Waals surface area contributed by atoms with E-state index in [1.54, 1.807) is 37.7 Å². The summed E-state index contributed by atoms with van der Waals surface area (Å²) in [6.45, 7) is 4.02. The van der Waals surface area contributed by atoms with Crippen LogP contribution in [0, 0.1) is 0 Å². The molecule has 0 saturated heterocycles. The summed E-state index contributed by atoms with van der Waals surface area (Å²) in [7, 11) is 1.58. The Labute approximate surface area is 268 Å². The first kappa shape index (κ1) is 30.3. The quantitative estimate of drug-likeness (QED) is 0.192. The molecule has 2 heterocycles. The fraction of sp³-hybridized carbons (Fsp3) is 0.194. The lowest BCUT2D eigenvalue weighted by Gasteiger charge is -2.25. The van der Waals surface area contributed by atoms with E-state index in [0.29, 0.717) is 48.2 Å². The molecule has 1 atom stereocenters. The molecular weight excluding hydrogens is 708 g/mol. The van der Waals surface area contributed by atoms with Crippen LogP contribution in [-0.2, 0) is 16.1 Å². The van der Waals surface area contributed by atoms with Gasteiger partial charge in [-0.3, -0.25) is 9.36 Å². The van der Waals surface area contributed by atoms with Gasteiger partial charge in [0.1, 0.15) is 18.1 Å². The summed E-state index contributed by atoms with van der Waals surface area (Å²) in [4.78, 5) is 32.2. The molecule has 3 aromatic carbocycles. The first-order chi connectivity index (χ1) is 20.2. The number of ether oxygens (including phenoxy) is 3. The van der Waals surface area contributed by atoms with Crippen molar-refractivity contribution in [3.05, 3.63) is 122 Å². The molecule has 0 aliphatic carbocycles. The minimum absolute atomic E-state index is 0.200. The van der Waals surface area contributed by atoms with Gasteiger partial charge in [0.2, 0.25) is 0 Å². The van der Waals surface area contributed by atoms with Crippen LogP contribution in [0.15, 0.2) is 90.7 Å². The van der Waals surface area contributed by atoms with Gasteiger partial charge in [0, 0.05) is 10.6 Å². The lowest BCUT2D eigenvalue weighted by molar-refractivity contribution is -0.139. The van der Waals surface area contributed by atoms with Gasteiger partial charge < -0.3 is 14.2 Å². The molecule has 0 radical (unpaired) electrons. The van der Waals surface area contributed by atoms with Crippen molar-refractivity contribution in [2.24, 2.45) is 4.99 Å². The van der Waals surface area contributed by atoms with E-state index in [9.17, 15) is 9.59 Å². The molecule has 0 bridgehead atoms. The average molecular weight is 733 g/mol. The maximum atomic E-state index is 13.9. The predicted molar refractivity (Wildman–Crippen MR) is 171 cm³/mol. The third-order valence-electron chi connectivity index (χ3n) is 6.60. The molecule has 0 amide bonds. The number of carbonyl (C=O) groups is 1. The monoisotopic (exact) mass is 730 g/mol. The molecular formula is C31H25Br2ClN2O5S. The first-order valence-electron chi connectivity index (χ1n) is 12.9. The fourth-order valence-electron chi connectivity index (χ4n) is 4.61. The van der Waals surface area contributed by atoms with E-state index in [4.69, 9.17) is 25.8 Å². The number of aromatic nitrogens is 1. The number of nitrogens with zero attached hydrogens (tertiary/aromatic N) is 2. The van der Waals surface area contributed by atoms with Crippen LogP contribution in [0.25, 0.3) is 6.08 Å². The van der Waals surface area contributed by atoms with E-state index in [1.165, 1.54) is 11.3 Å². The largest absolute Gasteiger partial charge is 0.496 e. The Morgan fingerprint density at radius 3 is 2.52 bits per heavy atom. The molecule has 42 heavy (non-hydrogen) atoms. The Hall–Kier alpha value is -3.18. The standard InChI is InChI=1S/C31H25Br2ClN2O5S/c1-4-40-30(38)27-17(2)35-31-36(28(27)19-10-12-24(39-3)22(33)15-19)29(37)26(42-31)14-18-9-11-25(21(32)13-18)41-16-20-7-5-6-8-23(20)34/h5-15,28H,4,16H2,1-3H3/b26-14+/t28-/m1/s1. The molecule has 0 N–H and O–H groups in total. The Balaban J connectivity index is 1.55. The Bertz CT molecular complexity index is 1900. The van der Waals surface area contributed by atoms with Gasteiger partial charge >= 0.3 is 5.97 Å². The molecule has 0 unspecified atom stereocenters. The lowest BCUT2D eigenvalue weighted by Crippen LogP contribution is -2.39. The highest BCUT2D eigenvalue weighted by Crippen LogP contribution is 2.35. The Morgan fingerprint density at radius 2 is 1.83 bits per heavy atom. The van der Waals surface area contributed by atoms with Crippen molar-refractivity contribution in [3.8, 4) is 11.5 Å². The molecule has 11 heteroatoms. The van der Waals surface area contributed by atoms with Gasteiger partial charge in [-0.15, -0.1) is 0 Å². The summed E-state index contributed by atoms with van der Waals surface area (Å²) in [6.07, 6.45) is 1.80. The summed E-state index contributed by atoms with van der Waals surface area (Å²) in [5.41, 5.74) is 2.95. The molecule has 0 saturated carbocycles. The minimum atomic E-state index is -0.725. The van der Waals surface area contributed by atoms with Crippen molar-refractivity contribution < 1.29 is 19.0 Å². The zero-order valence-electron chi connectivity index (χ0n) is 22.8. The van der Waals surface area contributed by atoms with Gasteiger partial charge in [0.25, 0.3) is 5.56 Å². The van der Waals surface area contributed by atoms with Gasteiger partial charge in [-0.05, 0) is 93.2 Å². The second-order valence-corrected chi connectivity index (χ2v) is 12.4. The topological polar surface area (TPSA) is 79.1 Å². The van der Waals surface area contributed by atoms with Gasteiger partial charge in [0.15, 0.2) is 4.80 Å². The predicted octanol–water partition coefficient (Wildman–Crippen LogP) is 6.56. The van der Waals surface area contributed by atoms with Gasteiger partial charge in [-0.1, -0.05) is 53.3 Å². The average Bonchev–Trinajstić information content (AvgIpc) is 3.26. The van der Waals surface area contributed by atoms with E-state index >= 15 is 0 Å². The Morgan fingerprint density at radius 1 is 1.10 bits per heavy atom. The van der Waals surface area contributed by atoms with E-state index in [2.05, 4.69) is 36.9 Å². The fourth-order valence-corrected chi connectivity index (χ4v) is 6.91. The van der Waals surface area contributed by atoms with Crippen LogP contribution in [0.5, 0.6) is 11.5 Å². The highest BCUT2D eigenvalue weighted by Gasteiger charge is 2.33. The third-order valence-corrected chi connectivity index (χ3v) is 9.19. The number of fused-ring (bicyclic) bond motifs is 1. The molecule has 1 aliphatic heterocycles. The number of halogens is 3. The number of esters is 1. The number of allylic oxidation sites excluding steroid dienone is 1. The Kier molecular flexibility index (Phi) is 9.37. The molecule has 1 aliphatic rings. The van der Waals surface area contributed by atoms with Crippen LogP contribution in [0.1, 0.15) is 36.6 Å². The van der Waals surface area contributed by atoms with E-state index < -0.39 is 12.0 Å². The van der Waals surface area contributed by atoms with Gasteiger partial charge in [-0.25, -0.2) is 9.79 Å². The smallest absolute Gasteiger partial charge is 0.338 e.